The molecular weight excluding hydrogens is 576 g/mol. The predicted octanol–water partition coefficient (Wildman–Crippen LogP) is 12.0. The molecule has 0 heterocycles. The molecule has 0 spiro atoms. The van der Waals surface area contributed by atoms with Crippen molar-refractivity contribution < 1.29 is 9.47 Å². The summed E-state index contributed by atoms with van der Waals surface area (Å²) >= 11 is 0. The summed E-state index contributed by atoms with van der Waals surface area (Å²) in [5.74, 6) is 1.73. The van der Waals surface area contributed by atoms with E-state index >= 15 is 0 Å². The van der Waals surface area contributed by atoms with Gasteiger partial charge in [0.25, 0.3) is 0 Å². The average molecular weight is 639 g/mol. The molecule has 0 atom stereocenters. The molecule has 0 aliphatic rings. The standard InChI is InChI=1S/C43H62N2O2/c1-7-12-13-14-15-16-17-18-19-20-33-47-43-35-38(27-21-36-23-29-40(30-24-36)44(8-2)9-3)42(46-6)34-39(43)28-22-37-25-31-41(32-26-37)45(10-4)11-5/h21-32,34-35H,7-20,33H2,1-6H3/b27-21+,28-22+. The zero-order chi connectivity index (χ0) is 33.7. The molecule has 0 amide bonds. The number of unbranched alkanes of at least 4 members (excludes halogenated alkanes) is 9. The number of hydrogen-bond donors (Lipinski definition) is 0. The first-order chi connectivity index (χ1) is 23.1. The van der Waals surface area contributed by atoms with Crippen molar-refractivity contribution >= 4 is 35.7 Å². The fourth-order valence-electron chi connectivity index (χ4n) is 6.07. The minimum absolute atomic E-state index is 0.720. The van der Waals surface area contributed by atoms with E-state index in [4.69, 9.17) is 9.47 Å². The predicted molar refractivity (Wildman–Crippen MR) is 208 cm³/mol. The molecule has 256 valence electrons. The number of rotatable bonds is 23. The van der Waals surface area contributed by atoms with Gasteiger partial charge in [-0.25, -0.2) is 0 Å². The Hall–Kier alpha value is -3.66. The number of nitrogens with zero attached hydrogens (tertiary/aromatic N) is 2. The van der Waals surface area contributed by atoms with Crippen molar-refractivity contribution in [2.24, 2.45) is 0 Å². The quantitative estimate of drug-likeness (QED) is 0.0762. The lowest BCUT2D eigenvalue weighted by Gasteiger charge is -2.20. The van der Waals surface area contributed by atoms with Crippen LogP contribution in [0.15, 0.2) is 60.7 Å². The molecule has 0 fully saturated rings. The summed E-state index contributed by atoms with van der Waals surface area (Å²) in [5.41, 5.74) is 6.88. The van der Waals surface area contributed by atoms with E-state index in [9.17, 15) is 0 Å². The maximum absolute atomic E-state index is 6.48. The van der Waals surface area contributed by atoms with Crippen LogP contribution >= 0.6 is 0 Å². The smallest absolute Gasteiger partial charge is 0.127 e. The highest BCUT2D eigenvalue weighted by atomic mass is 16.5. The molecule has 4 nitrogen and oxygen atoms in total. The van der Waals surface area contributed by atoms with Gasteiger partial charge in [0.15, 0.2) is 0 Å². The summed E-state index contributed by atoms with van der Waals surface area (Å²) in [6.07, 6.45) is 21.8. The zero-order valence-corrected chi connectivity index (χ0v) is 30.4. The lowest BCUT2D eigenvalue weighted by Crippen LogP contribution is -2.21. The van der Waals surface area contributed by atoms with Gasteiger partial charge >= 0.3 is 0 Å². The van der Waals surface area contributed by atoms with Crippen LogP contribution in [-0.2, 0) is 0 Å². The molecule has 0 aliphatic carbocycles. The van der Waals surface area contributed by atoms with Crippen molar-refractivity contribution in [2.45, 2.75) is 98.8 Å². The van der Waals surface area contributed by atoms with Gasteiger partial charge in [0.1, 0.15) is 11.5 Å². The Morgan fingerprint density at radius 1 is 0.489 bits per heavy atom. The fraction of sp³-hybridized carbons (Fsp3) is 0.488. The molecule has 0 aromatic heterocycles. The Balaban J connectivity index is 1.74. The van der Waals surface area contributed by atoms with Crippen LogP contribution in [0.5, 0.6) is 11.5 Å². The Labute approximate surface area is 287 Å². The second kappa shape index (κ2) is 22.0. The van der Waals surface area contributed by atoms with Crippen molar-refractivity contribution in [3.8, 4) is 11.5 Å². The highest BCUT2D eigenvalue weighted by molar-refractivity contribution is 5.79. The molecule has 3 aromatic rings. The van der Waals surface area contributed by atoms with E-state index in [1.807, 2.05) is 0 Å². The third-order valence-corrected chi connectivity index (χ3v) is 9.07. The SMILES string of the molecule is CCCCCCCCCCCCOc1cc(/C=C/c2ccc(N(CC)CC)cc2)c(OC)cc1/C=C/c1ccc(N(CC)CC)cc1. The van der Waals surface area contributed by atoms with E-state index < -0.39 is 0 Å². The minimum atomic E-state index is 0.720. The number of anilines is 2. The van der Waals surface area contributed by atoms with Crippen LogP contribution < -0.4 is 19.3 Å². The van der Waals surface area contributed by atoms with Gasteiger partial charge in [0.05, 0.1) is 13.7 Å². The molecule has 47 heavy (non-hydrogen) atoms. The van der Waals surface area contributed by atoms with Crippen molar-refractivity contribution in [3.05, 3.63) is 82.9 Å². The van der Waals surface area contributed by atoms with E-state index in [0.717, 1.165) is 73.0 Å². The summed E-state index contributed by atoms with van der Waals surface area (Å²) in [5, 5.41) is 0. The van der Waals surface area contributed by atoms with Crippen molar-refractivity contribution in [3.63, 3.8) is 0 Å². The zero-order valence-electron chi connectivity index (χ0n) is 30.4. The molecule has 0 N–H and O–H groups in total. The molecule has 3 rings (SSSR count). The topological polar surface area (TPSA) is 24.9 Å². The van der Waals surface area contributed by atoms with Crippen LogP contribution in [0.3, 0.4) is 0 Å². The van der Waals surface area contributed by atoms with Gasteiger partial charge in [0, 0.05) is 48.7 Å². The normalized spacial score (nSPS) is 11.4. The third kappa shape index (κ3) is 12.8. The number of methoxy groups -OCH3 is 1. The molecule has 0 saturated carbocycles. The highest BCUT2D eigenvalue weighted by Crippen LogP contribution is 2.32. The van der Waals surface area contributed by atoms with Crippen LogP contribution in [0.4, 0.5) is 11.4 Å². The number of ether oxygens (including phenoxy) is 2. The first-order valence-electron chi connectivity index (χ1n) is 18.5. The van der Waals surface area contributed by atoms with E-state index in [1.165, 1.54) is 69.2 Å². The van der Waals surface area contributed by atoms with Gasteiger partial charge in [0.2, 0.25) is 0 Å². The average Bonchev–Trinajstić information content (AvgIpc) is 3.11. The van der Waals surface area contributed by atoms with Gasteiger partial charge in [-0.15, -0.1) is 0 Å². The van der Waals surface area contributed by atoms with E-state index in [1.54, 1.807) is 7.11 Å². The lowest BCUT2D eigenvalue weighted by atomic mass is 10.0. The molecule has 0 saturated heterocycles. The molecule has 3 aromatic carbocycles. The Morgan fingerprint density at radius 3 is 1.32 bits per heavy atom. The highest BCUT2D eigenvalue weighted by Gasteiger charge is 2.10. The molecule has 4 heteroatoms. The largest absolute Gasteiger partial charge is 0.496 e. The summed E-state index contributed by atoms with van der Waals surface area (Å²) in [4.78, 5) is 4.73. The minimum Gasteiger partial charge on any atom is -0.496 e. The lowest BCUT2D eigenvalue weighted by molar-refractivity contribution is 0.303. The molecule has 0 aliphatic heterocycles. The Bertz CT molecular complexity index is 1320. The van der Waals surface area contributed by atoms with E-state index in [0.29, 0.717) is 0 Å². The van der Waals surface area contributed by atoms with Crippen molar-refractivity contribution in [1.29, 1.82) is 0 Å². The van der Waals surface area contributed by atoms with Gasteiger partial charge < -0.3 is 19.3 Å². The molecule has 0 bridgehead atoms. The monoisotopic (exact) mass is 638 g/mol. The molecule has 0 unspecified atom stereocenters. The van der Waals surface area contributed by atoms with Crippen molar-refractivity contribution in [1.82, 2.24) is 0 Å². The molecule has 0 radical (unpaired) electrons. The Morgan fingerprint density at radius 2 is 0.894 bits per heavy atom. The van der Waals surface area contributed by atoms with Gasteiger partial charge in [-0.05, 0) is 81.6 Å². The second-order valence-corrected chi connectivity index (χ2v) is 12.4. The van der Waals surface area contributed by atoms with E-state index in [-0.39, 0.29) is 0 Å². The van der Waals surface area contributed by atoms with Crippen molar-refractivity contribution in [2.75, 3.05) is 49.7 Å². The maximum atomic E-state index is 6.48. The van der Waals surface area contributed by atoms with Crippen LogP contribution in [0.25, 0.3) is 24.3 Å². The van der Waals surface area contributed by atoms with Crippen LogP contribution in [0, 0.1) is 0 Å². The van der Waals surface area contributed by atoms with Gasteiger partial charge in [-0.2, -0.15) is 0 Å². The van der Waals surface area contributed by atoms with Crippen LogP contribution in [0.2, 0.25) is 0 Å². The fourth-order valence-corrected chi connectivity index (χ4v) is 6.07. The number of benzene rings is 3. The first-order valence-corrected chi connectivity index (χ1v) is 18.5. The van der Waals surface area contributed by atoms with Gasteiger partial charge in [-0.1, -0.05) is 113 Å². The van der Waals surface area contributed by atoms with Gasteiger partial charge in [-0.3, -0.25) is 0 Å². The third-order valence-electron chi connectivity index (χ3n) is 9.07. The summed E-state index contributed by atoms with van der Waals surface area (Å²) in [7, 11) is 1.75. The first kappa shape index (κ1) is 37.8. The summed E-state index contributed by atoms with van der Waals surface area (Å²) in [6, 6.07) is 21.8. The number of hydrogen-bond acceptors (Lipinski definition) is 4. The Kier molecular flexibility index (Phi) is 17.7. The van der Waals surface area contributed by atoms with E-state index in [2.05, 4.69) is 129 Å². The van der Waals surface area contributed by atoms with Crippen LogP contribution in [-0.4, -0.2) is 39.9 Å². The second-order valence-electron chi connectivity index (χ2n) is 12.4. The van der Waals surface area contributed by atoms with Crippen LogP contribution in [0.1, 0.15) is 121 Å². The summed E-state index contributed by atoms with van der Waals surface area (Å²) < 4.78 is 12.4. The summed E-state index contributed by atoms with van der Waals surface area (Å²) in [6.45, 7) is 15.8. The molecular formula is C43H62N2O2. The maximum Gasteiger partial charge on any atom is 0.127 e.